The smallest absolute Gasteiger partial charge is 0.270 e. The fourth-order valence-corrected chi connectivity index (χ4v) is 5.75. The Morgan fingerprint density at radius 1 is 1.23 bits per heavy atom. The number of nitrogens with one attached hydrogen (secondary N) is 2. The highest BCUT2D eigenvalue weighted by atomic mass is 32.1. The van der Waals surface area contributed by atoms with Gasteiger partial charge in [0.05, 0.1) is 18.3 Å². The quantitative estimate of drug-likeness (QED) is 0.295. The van der Waals surface area contributed by atoms with E-state index in [2.05, 4.69) is 43.5 Å². The lowest BCUT2D eigenvalue weighted by molar-refractivity contribution is -0.142. The largest absolute Gasteiger partial charge is 0.485 e. The molecule has 2 aliphatic heterocycles. The lowest BCUT2D eigenvalue weighted by Crippen LogP contribution is -2.59. The van der Waals surface area contributed by atoms with Gasteiger partial charge < -0.3 is 29.8 Å². The third-order valence-electron chi connectivity index (χ3n) is 8.44. The maximum absolute atomic E-state index is 12.8. The van der Waals surface area contributed by atoms with E-state index in [1.54, 1.807) is 12.3 Å². The van der Waals surface area contributed by atoms with Crippen molar-refractivity contribution in [2.24, 2.45) is 5.92 Å². The number of hydrogen-bond acceptors (Lipinski definition) is 10. The summed E-state index contributed by atoms with van der Waals surface area (Å²) in [6, 6.07) is 5.77. The van der Waals surface area contributed by atoms with E-state index in [1.165, 1.54) is 23.8 Å². The Balaban J connectivity index is 0.00000368. The number of likely N-dealkylation sites (tertiary alicyclic amines) is 1. The van der Waals surface area contributed by atoms with Crippen LogP contribution in [-0.2, 0) is 24.4 Å². The summed E-state index contributed by atoms with van der Waals surface area (Å²) in [6.07, 6.45) is 7.66. The summed E-state index contributed by atoms with van der Waals surface area (Å²) in [7, 11) is 0. The minimum Gasteiger partial charge on any atom is -0.485 e. The summed E-state index contributed by atoms with van der Waals surface area (Å²) in [6.45, 7) is 5.77. The number of carbonyl (C=O) groups is 2. The third kappa shape index (κ3) is 7.28. The number of ether oxygens (including phenoxy) is 1. The van der Waals surface area contributed by atoms with Crippen molar-refractivity contribution in [3.05, 3.63) is 65.3 Å². The van der Waals surface area contributed by atoms with Gasteiger partial charge in [0, 0.05) is 51.3 Å². The molecular formula is C30H39N7O5S. The molecule has 0 unspecified atom stereocenters. The summed E-state index contributed by atoms with van der Waals surface area (Å²) < 4.78 is 11.2. The number of fused-ring (bicyclic) bond motifs is 1. The Kier molecular flexibility index (Phi) is 9.83. The highest BCUT2D eigenvalue weighted by Gasteiger charge is 2.36. The molecule has 1 atom stereocenters. The summed E-state index contributed by atoms with van der Waals surface area (Å²) in [4.78, 5) is 41.4. The SMILES string of the molecule is Cc1c(OCc2cnco2)ccc2c1CCN(C[C@@H](O)CNC(=O)c1cc(NC3CN(C(=O)C4CCC4)C3)ncn1)C2.S. The molecule has 0 radical (unpaired) electrons. The third-order valence-corrected chi connectivity index (χ3v) is 8.44. The fourth-order valence-electron chi connectivity index (χ4n) is 5.75. The Labute approximate surface area is 257 Å². The molecule has 1 aromatic carbocycles. The predicted octanol–water partition coefficient (Wildman–Crippen LogP) is 2.04. The number of rotatable bonds is 11. The van der Waals surface area contributed by atoms with Crippen LogP contribution in [0.2, 0.25) is 0 Å². The molecule has 2 fully saturated rings. The van der Waals surface area contributed by atoms with Crippen LogP contribution in [0.1, 0.15) is 52.2 Å². The zero-order chi connectivity index (χ0) is 29.1. The molecule has 1 saturated heterocycles. The van der Waals surface area contributed by atoms with Crippen LogP contribution < -0.4 is 15.4 Å². The molecular weight excluding hydrogens is 570 g/mol. The average Bonchev–Trinajstić information content (AvgIpc) is 3.46. The van der Waals surface area contributed by atoms with E-state index in [0.717, 1.165) is 50.1 Å². The van der Waals surface area contributed by atoms with Crippen LogP contribution >= 0.6 is 13.5 Å². The molecule has 43 heavy (non-hydrogen) atoms. The number of amides is 2. The molecule has 0 spiro atoms. The number of aliphatic hydroxyl groups excluding tert-OH is 1. The van der Waals surface area contributed by atoms with Gasteiger partial charge in [-0.15, -0.1) is 0 Å². The minimum absolute atomic E-state index is 0. The van der Waals surface area contributed by atoms with Crippen LogP contribution in [0, 0.1) is 12.8 Å². The summed E-state index contributed by atoms with van der Waals surface area (Å²) in [5, 5.41) is 16.8. The van der Waals surface area contributed by atoms with Crippen LogP contribution in [0.3, 0.4) is 0 Å². The van der Waals surface area contributed by atoms with Gasteiger partial charge in [-0.2, -0.15) is 13.5 Å². The van der Waals surface area contributed by atoms with Crippen LogP contribution in [0.5, 0.6) is 5.75 Å². The molecule has 2 aromatic heterocycles. The Morgan fingerprint density at radius 3 is 2.81 bits per heavy atom. The second-order valence-electron chi connectivity index (χ2n) is 11.4. The normalized spacial score (nSPS) is 17.6. The van der Waals surface area contributed by atoms with Gasteiger partial charge in [0.2, 0.25) is 5.91 Å². The zero-order valence-corrected chi connectivity index (χ0v) is 25.3. The maximum atomic E-state index is 12.8. The molecule has 2 amide bonds. The van der Waals surface area contributed by atoms with Crippen LogP contribution in [0.4, 0.5) is 5.82 Å². The highest BCUT2D eigenvalue weighted by molar-refractivity contribution is 7.59. The Bertz CT molecular complexity index is 1410. The number of carbonyl (C=O) groups excluding carboxylic acids is 2. The number of aliphatic hydroxyl groups is 1. The molecule has 13 heteroatoms. The van der Waals surface area contributed by atoms with Gasteiger partial charge in [-0.05, 0) is 48.9 Å². The molecule has 4 heterocycles. The zero-order valence-electron chi connectivity index (χ0n) is 24.3. The van der Waals surface area contributed by atoms with Crippen LogP contribution in [0.25, 0.3) is 0 Å². The van der Waals surface area contributed by atoms with Crippen molar-refractivity contribution in [3.8, 4) is 5.75 Å². The second-order valence-corrected chi connectivity index (χ2v) is 11.4. The molecule has 1 aliphatic carbocycles. The van der Waals surface area contributed by atoms with Crippen molar-refractivity contribution in [1.82, 2.24) is 30.1 Å². The first-order chi connectivity index (χ1) is 20.4. The molecule has 3 N–H and O–H groups in total. The van der Waals surface area contributed by atoms with Gasteiger partial charge in [0.25, 0.3) is 5.91 Å². The van der Waals surface area contributed by atoms with Crippen molar-refractivity contribution in [3.63, 3.8) is 0 Å². The summed E-state index contributed by atoms with van der Waals surface area (Å²) >= 11 is 0. The van der Waals surface area contributed by atoms with E-state index in [1.807, 2.05) is 11.0 Å². The van der Waals surface area contributed by atoms with Gasteiger partial charge in [0.1, 0.15) is 30.2 Å². The molecule has 3 aromatic rings. The van der Waals surface area contributed by atoms with Crippen molar-refractivity contribution in [1.29, 1.82) is 0 Å². The number of oxazole rings is 1. The van der Waals surface area contributed by atoms with E-state index in [-0.39, 0.29) is 49.5 Å². The molecule has 12 nitrogen and oxygen atoms in total. The Morgan fingerprint density at radius 2 is 2.07 bits per heavy atom. The van der Waals surface area contributed by atoms with Gasteiger partial charge in [-0.25, -0.2) is 15.0 Å². The van der Waals surface area contributed by atoms with Crippen molar-refractivity contribution >= 4 is 31.1 Å². The Hall–Kier alpha value is -3.68. The van der Waals surface area contributed by atoms with E-state index < -0.39 is 6.10 Å². The van der Waals surface area contributed by atoms with E-state index in [0.29, 0.717) is 37.8 Å². The van der Waals surface area contributed by atoms with Crippen molar-refractivity contribution < 1.29 is 23.8 Å². The molecule has 6 rings (SSSR count). The van der Waals surface area contributed by atoms with Gasteiger partial charge in [-0.3, -0.25) is 14.5 Å². The first-order valence-electron chi connectivity index (χ1n) is 14.6. The van der Waals surface area contributed by atoms with E-state index in [4.69, 9.17) is 9.15 Å². The molecule has 230 valence electrons. The predicted molar refractivity (Wildman–Crippen MR) is 163 cm³/mol. The second kappa shape index (κ2) is 13.7. The number of aromatic nitrogens is 3. The molecule has 3 aliphatic rings. The van der Waals surface area contributed by atoms with E-state index in [9.17, 15) is 14.7 Å². The van der Waals surface area contributed by atoms with Crippen molar-refractivity contribution in [2.45, 2.75) is 57.9 Å². The number of hydrogen-bond donors (Lipinski definition) is 3. The first-order valence-corrected chi connectivity index (χ1v) is 14.6. The van der Waals surface area contributed by atoms with Gasteiger partial charge in [-0.1, -0.05) is 12.5 Å². The van der Waals surface area contributed by atoms with Crippen LogP contribution in [0.15, 0.2) is 41.5 Å². The standard InChI is InChI=1S/C30H37N7O5.H2S/c1-19-25-7-8-36(12-21(25)5-6-27(19)41-16-24-11-31-18-42-24)15-23(38)10-32-29(39)26-9-28(34-17-33-26)35-22-13-37(14-22)30(40)20-3-2-4-20;/h5-6,9,11,17-18,20,22-23,38H,2-4,7-8,10,12-16H2,1H3,(H,32,39)(H,33,34,35);1H2/t23-;/m0./s1. The lowest BCUT2D eigenvalue weighted by Gasteiger charge is -2.43. The maximum Gasteiger partial charge on any atom is 0.270 e. The highest BCUT2D eigenvalue weighted by Crippen LogP contribution is 2.31. The number of anilines is 1. The summed E-state index contributed by atoms with van der Waals surface area (Å²) in [5.74, 6) is 2.14. The fraction of sp³-hybridized carbons (Fsp3) is 0.500. The monoisotopic (exact) mass is 609 g/mol. The number of benzene rings is 1. The van der Waals surface area contributed by atoms with Gasteiger partial charge in [0.15, 0.2) is 12.2 Å². The molecule has 0 bridgehead atoms. The van der Waals surface area contributed by atoms with Crippen molar-refractivity contribution in [2.75, 3.05) is 38.0 Å². The number of β-amino-alcohol motifs (C(OH)–C–C–N with tert-alkyl or cyclic N) is 1. The molecule has 1 saturated carbocycles. The summed E-state index contributed by atoms with van der Waals surface area (Å²) in [5.41, 5.74) is 3.84. The van der Waals surface area contributed by atoms with Crippen LogP contribution in [-0.4, -0.2) is 86.5 Å². The van der Waals surface area contributed by atoms with E-state index >= 15 is 0 Å². The lowest BCUT2D eigenvalue weighted by atomic mass is 9.83. The number of nitrogens with zero attached hydrogens (tertiary/aromatic N) is 5. The van der Waals surface area contributed by atoms with Gasteiger partial charge >= 0.3 is 0 Å². The topological polar surface area (TPSA) is 146 Å². The first kappa shape index (κ1) is 30.8. The average molecular weight is 610 g/mol. The minimum atomic E-state index is -0.727.